The minimum atomic E-state index is -0.449. The van der Waals surface area contributed by atoms with E-state index in [2.05, 4.69) is 10.4 Å². The summed E-state index contributed by atoms with van der Waals surface area (Å²) >= 11 is 0. The maximum atomic E-state index is 13.0. The fraction of sp³-hybridized carbons (Fsp3) is 0.286. The first-order valence-corrected chi connectivity index (χ1v) is 9.37. The number of amides is 1. The molecule has 0 spiro atoms. The van der Waals surface area contributed by atoms with Gasteiger partial charge >= 0.3 is 0 Å². The van der Waals surface area contributed by atoms with Crippen molar-refractivity contribution >= 4 is 11.7 Å². The average molecular weight is 394 g/mol. The molecule has 0 unspecified atom stereocenters. The molecule has 0 bridgehead atoms. The maximum absolute atomic E-state index is 13.0. The van der Waals surface area contributed by atoms with Crippen molar-refractivity contribution < 1.29 is 14.3 Å². The lowest BCUT2D eigenvalue weighted by Gasteiger charge is -2.14. The molecule has 3 heterocycles. The Kier molecular flexibility index (Phi) is 4.84. The summed E-state index contributed by atoms with van der Waals surface area (Å²) in [4.78, 5) is 25.9. The zero-order chi connectivity index (χ0) is 20.5. The van der Waals surface area contributed by atoms with Crippen LogP contribution < -0.4 is 20.3 Å². The summed E-state index contributed by atoms with van der Waals surface area (Å²) in [7, 11) is 0. The molecule has 4 rings (SSSR count). The average Bonchev–Trinajstić information content (AvgIpc) is 3.33. The number of aryl methyl sites for hydroxylation is 1. The summed E-state index contributed by atoms with van der Waals surface area (Å²) in [6, 6.07) is 9.10. The van der Waals surface area contributed by atoms with Gasteiger partial charge in [0.05, 0.1) is 12.7 Å². The zero-order valence-electron chi connectivity index (χ0n) is 16.5. The molecule has 0 aliphatic carbocycles. The molecule has 2 aromatic heterocycles. The summed E-state index contributed by atoms with van der Waals surface area (Å²) < 4.78 is 13.9. The SMILES string of the molecule is Cc1ccn(Cc2ccc3c(c2)OCO3)c(=O)c1C(=O)Nc1ccnn1C(C)C. The summed E-state index contributed by atoms with van der Waals surface area (Å²) in [6.07, 6.45) is 3.31. The second-order valence-electron chi connectivity index (χ2n) is 7.20. The summed E-state index contributed by atoms with van der Waals surface area (Å²) in [5.74, 6) is 1.44. The fourth-order valence-electron chi connectivity index (χ4n) is 3.31. The van der Waals surface area contributed by atoms with Crippen LogP contribution in [0.2, 0.25) is 0 Å². The van der Waals surface area contributed by atoms with Gasteiger partial charge in [-0.1, -0.05) is 6.07 Å². The van der Waals surface area contributed by atoms with Gasteiger partial charge in [0.15, 0.2) is 11.5 Å². The van der Waals surface area contributed by atoms with Gasteiger partial charge in [0.2, 0.25) is 6.79 Å². The molecule has 1 aliphatic heterocycles. The van der Waals surface area contributed by atoms with E-state index in [0.29, 0.717) is 29.4 Å². The van der Waals surface area contributed by atoms with Crippen LogP contribution in [-0.2, 0) is 6.54 Å². The number of anilines is 1. The smallest absolute Gasteiger partial charge is 0.263 e. The first-order chi connectivity index (χ1) is 13.9. The number of nitrogens with one attached hydrogen (secondary N) is 1. The van der Waals surface area contributed by atoms with Crippen LogP contribution in [0.15, 0.2) is 47.5 Å². The third-order valence-corrected chi connectivity index (χ3v) is 4.79. The number of carbonyl (C=O) groups excluding carboxylic acids is 1. The van der Waals surface area contributed by atoms with Gasteiger partial charge in [-0.05, 0) is 50.1 Å². The van der Waals surface area contributed by atoms with E-state index in [0.717, 1.165) is 5.56 Å². The van der Waals surface area contributed by atoms with Gasteiger partial charge < -0.3 is 19.4 Å². The highest BCUT2D eigenvalue weighted by molar-refractivity contribution is 6.04. The second kappa shape index (κ2) is 7.46. The predicted molar refractivity (Wildman–Crippen MR) is 108 cm³/mol. The summed E-state index contributed by atoms with van der Waals surface area (Å²) in [5, 5.41) is 7.01. The number of aromatic nitrogens is 3. The Morgan fingerprint density at radius 2 is 2.00 bits per heavy atom. The van der Waals surface area contributed by atoms with Crippen LogP contribution in [0.3, 0.4) is 0 Å². The van der Waals surface area contributed by atoms with E-state index in [1.165, 1.54) is 4.57 Å². The Balaban J connectivity index is 1.62. The number of benzene rings is 1. The lowest BCUT2D eigenvalue weighted by molar-refractivity contribution is 0.102. The van der Waals surface area contributed by atoms with Crippen LogP contribution in [0.25, 0.3) is 0 Å². The Labute approximate surface area is 167 Å². The molecule has 0 saturated carbocycles. The molecule has 150 valence electrons. The second-order valence-corrected chi connectivity index (χ2v) is 7.20. The number of hydrogen-bond acceptors (Lipinski definition) is 5. The normalized spacial score (nSPS) is 12.4. The third kappa shape index (κ3) is 3.61. The highest BCUT2D eigenvalue weighted by Gasteiger charge is 2.19. The first-order valence-electron chi connectivity index (χ1n) is 9.37. The van der Waals surface area contributed by atoms with E-state index in [4.69, 9.17) is 9.47 Å². The molecular formula is C21H22N4O4. The fourth-order valence-corrected chi connectivity index (χ4v) is 3.31. The Bertz CT molecular complexity index is 1130. The quantitative estimate of drug-likeness (QED) is 0.719. The zero-order valence-corrected chi connectivity index (χ0v) is 16.5. The minimum absolute atomic E-state index is 0.0832. The Morgan fingerprint density at radius 1 is 1.21 bits per heavy atom. The lowest BCUT2D eigenvalue weighted by Crippen LogP contribution is -2.31. The molecule has 1 amide bonds. The predicted octanol–water partition coefficient (Wildman–Crippen LogP) is 2.96. The van der Waals surface area contributed by atoms with E-state index in [9.17, 15) is 9.59 Å². The van der Waals surface area contributed by atoms with Crippen molar-refractivity contribution in [2.24, 2.45) is 0 Å². The van der Waals surface area contributed by atoms with Crippen LogP contribution in [-0.4, -0.2) is 27.0 Å². The number of hydrogen-bond donors (Lipinski definition) is 1. The van der Waals surface area contributed by atoms with Crippen LogP contribution in [0.4, 0.5) is 5.82 Å². The molecule has 0 saturated heterocycles. The molecule has 1 N–H and O–H groups in total. The van der Waals surface area contributed by atoms with Crippen molar-refractivity contribution in [2.45, 2.75) is 33.4 Å². The van der Waals surface area contributed by atoms with Gasteiger partial charge in [0, 0.05) is 18.3 Å². The molecule has 1 aromatic carbocycles. The van der Waals surface area contributed by atoms with Gasteiger partial charge in [-0.3, -0.25) is 9.59 Å². The van der Waals surface area contributed by atoms with Crippen molar-refractivity contribution in [1.82, 2.24) is 14.3 Å². The molecule has 1 aliphatic rings. The molecule has 0 atom stereocenters. The standard InChI is InChI=1S/C21H22N4O4/c1-13(2)25-18(6-8-22-25)23-20(26)19-14(3)7-9-24(21(19)27)11-15-4-5-16-17(10-15)29-12-28-16/h4-10,13H,11-12H2,1-3H3,(H,23,26). The monoisotopic (exact) mass is 394 g/mol. The van der Waals surface area contributed by atoms with Gasteiger partial charge in [-0.25, -0.2) is 4.68 Å². The van der Waals surface area contributed by atoms with Crippen LogP contribution >= 0.6 is 0 Å². The summed E-state index contributed by atoms with van der Waals surface area (Å²) in [5.41, 5.74) is 1.26. The molecule has 8 heteroatoms. The Hall–Kier alpha value is -3.55. The molecule has 0 fully saturated rings. The molecule has 8 nitrogen and oxygen atoms in total. The largest absolute Gasteiger partial charge is 0.454 e. The molecule has 0 radical (unpaired) electrons. The van der Waals surface area contributed by atoms with Gasteiger partial charge in [0.25, 0.3) is 11.5 Å². The van der Waals surface area contributed by atoms with Crippen molar-refractivity contribution in [3.05, 3.63) is 69.8 Å². The van der Waals surface area contributed by atoms with Crippen LogP contribution in [0.5, 0.6) is 11.5 Å². The van der Waals surface area contributed by atoms with Crippen molar-refractivity contribution in [2.75, 3.05) is 12.1 Å². The van der Waals surface area contributed by atoms with Gasteiger partial charge in [-0.2, -0.15) is 5.10 Å². The molecule has 3 aromatic rings. The lowest BCUT2D eigenvalue weighted by atomic mass is 10.1. The number of ether oxygens (including phenoxy) is 2. The molecular weight excluding hydrogens is 372 g/mol. The van der Waals surface area contributed by atoms with Crippen molar-refractivity contribution in [3.63, 3.8) is 0 Å². The van der Waals surface area contributed by atoms with Crippen LogP contribution in [0, 0.1) is 6.92 Å². The highest BCUT2D eigenvalue weighted by atomic mass is 16.7. The van der Waals surface area contributed by atoms with Crippen molar-refractivity contribution in [1.29, 1.82) is 0 Å². The molecule has 29 heavy (non-hydrogen) atoms. The van der Waals surface area contributed by atoms with Crippen LogP contribution in [0.1, 0.15) is 41.4 Å². The Morgan fingerprint density at radius 3 is 2.79 bits per heavy atom. The first kappa shape index (κ1) is 18.8. The number of nitrogens with zero attached hydrogens (tertiary/aromatic N) is 3. The number of rotatable bonds is 5. The number of fused-ring (bicyclic) bond motifs is 1. The maximum Gasteiger partial charge on any atom is 0.263 e. The van der Waals surface area contributed by atoms with E-state index in [-0.39, 0.29) is 24.0 Å². The van der Waals surface area contributed by atoms with Gasteiger partial charge in [-0.15, -0.1) is 0 Å². The number of pyridine rings is 1. The minimum Gasteiger partial charge on any atom is -0.454 e. The van der Waals surface area contributed by atoms with E-state index in [1.54, 1.807) is 36.1 Å². The highest BCUT2D eigenvalue weighted by Crippen LogP contribution is 2.32. The summed E-state index contributed by atoms with van der Waals surface area (Å²) in [6.45, 7) is 6.20. The third-order valence-electron chi connectivity index (χ3n) is 4.79. The topological polar surface area (TPSA) is 87.4 Å². The van der Waals surface area contributed by atoms with Crippen molar-refractivity contribution in [3.8, 4) is 11.5 Å². The van der Waals surface area contributed by atoms with E-state index >= 15 is 0 Å². The van der Waals surface area contributed by atoms with E-state index in [1.807, 2.05) is 32.0 Å². The van der Waals surface area contributed by atoms with E-state index < -0.39 is 5.91 Å². The van der Waals surface area contributed by atoms with Gasteiger partial charge in [0.1, 0.15) is 11.4 Å². The number of carbonyl (C=O) groups is 1.